The van der Waals surface area contributed by atoms with E-state index in [0.29, 0.717) is 6.61 Å². The third-order valence-corrected chi connectivity index (χ3v) is 1.78. The van der Waals surface area contributed by atoms with E-state index < -0.39 is 0 Å². The fourth-order valence-electron chi connectivity index (χ4n) is 0.953. The fourth-order valence-corrected chi connectivity index (χ4v) is 1.08. The van der Waals surface area contributed by atoms with Gasteiger partial charge in [0.25, 0.3) is 0 Å². The largest absolute Gasteiger partial charge is 0.378 e. The highest BCUT2D eigenvalue weighted by molar-refractivity contribution is 6.07. The van der Waals surface area contributed by atoms with Crippen LogP contribution in [-0.4, -0.2) is 14.1 Å². The van der Waals surface area contributed by atoms with Gasteiger partial charge in [0.15, 0.2) is 0 Å². The Balaban J connectivity index is 2.71. The van der Waals surface area contributed by atoms with Crippen LogP contribution in [0.25, 0.3) is 0 Å². The molecule has 0 aliphatic rings. The molecule has 1 rings (SSSR count). The molecule has 0 fully saturated rings. The number of benzene rings is 1. The van der Waals surface area contributed by atoms with Crippen molar-refractivity contribution in [3.8, 4) is 0 Å². The van der Waals surface area contributed by atoms with Gasteiger partial charge in [-0.05, 0) is 17.7 Å². The van der Waals surface area contributed by atoms with Crippen LogP contribution >= 0.6 is 11.9 Å². The molecule has 0 amide bonds. The molecule has 0 aromatic heterocycles. The molecule has 0 saturated carbocycles. The molecule has 3 heteroatoms. The summed E-state index contributed by atoms with van der Waals surface area (Å²) in [5.74, 6) is 0. The minimum absolute atomic E-state index is 0.454. The Morgan fingerprint density at radius 2 is 1.83 bits per heavy atom. The zero-order chi connectivity index (χ0) is 8.97. The Labute approximate surface area is 77.9 Å². The Hall–Kier alpha value is -0.730. The number of hydrogen-bond donors (Lipinski definition) is 0. The van der Waals surface area contributed by atoms with Crippen molar-refractivity contribution in [1.29, 1.82) is 0 Å². The maximum atomic E-state index is 5.13. The Morgan fingerprint density at radius 3 is 2.25 bits per heavy atom. The Morgan fingerprint density at radius 1 is 1.25 bits per heavy atom. The van der Waals surface area contributed by atoms with Crippen LogP contribution in [0.5, 0.6) is 0 Å². The van der Waals surface area contributed by atoms with E-state index in [-0.39, 0.29) is 0 Å². The Bertz CT molecular complexity index is 233. The molecule has 0 unspecified atom stereocenters. The maximum Gasteiger partial charge on any atom is 0.0933 e. The van der Waals surface area contributed by atoms with Crippen molar-refractivity contribution in [2.75, 3.05) is 19.0 Å². The van der Waals surface area contributed by atoms with Gasteiger partial charge in [-0.1, -0.05) is 12.1 Å². The van der Waals surface area contributed by atoms with Crippen LogP contribution in [0, 0.1) is 0 Å². The highest BCUT2D eigenvalue weighted by Crippen LogP contribution is 2.12. The van der Waals surface area contributed by atoms with Crippen molar-refractivity contribution in [1.82, 2.24) is 0 Å². The van der Waals surface area contributed by atoms with Gasteiger partial charge in [-0.25, -0.2) is 0 Å². The quantitative estimate of drug-likeness (QED) is 0.717. The lowest BCUT2D eigenvalue weighted by molar-refractivity contribution is 0.341. The predicted octanol–water partition coefficient (Wildman–Crippen LogP) is 2.42. The topological polar surface area (TPSA) is 12.5 Å². The molecular weight excluding hydrogens is 174 g/mol. The second-order valence-corrected chi connectivity index (χ2v) is 3.03. The van der Waals surface area contributed by atoms with Gasteiger partial charge < -0.3 is 4.90 Å². The molecule has 0 aliphatic carbocycles. The van der Waals surface area contributed by atoms with E-state index in [0.717, 1.165) is 5.56 Å². The van der Waals surface area contributed by atoms with Gasteiger partial charge >= 0.3 is 0 Å². The average molecular weight is 186 g/mol. The van der Waals surface area contributed by atoms with Crippen LogP contribution in [0.4, 0.5) is 5.69 Å². The Kier molecular flexibility index (Phi) is 3.38. The number of anilines is 1. The van der Waals surface area contributed by atoms with Crippen molar-refractivity contribution < 1.29 is 4.29 Å². The van der Waals surface area contributed by atoms with Gasteiger partial charge in [0.1, 0.15) is 0 Å². The first kappa shape index (κ1) is 9.36. The lowest BCUT2D eigenvalue weighted by Crippen LogP contribution is -2.08. The second kappa shape index (κ2) is 4.33. The standard InChI is InChI=1S/C9H12ClNO/c1-11(2)9-5-3-8(4-6-9)7-12-10/h3-6H,7H2,1-2H3. The van der Waals surface area contributed by atoms with Crippen LogP contribution in [0.2, 0.25) is 0 Å². The van der Waals surface area contributed by atoms with Crippen molar-refractivity contribution in [2.24, 2.45) is 0 Å². The van der Waals surface area contributed by atoms with Crippen molar-refractivity contribution in [3.05, 3.63) is 29.8 Å². The first-order valence-electron chi connectivity index (χ1n) is 3.74. The number of hydrogen-bond acceptors (Lipinski definition) is 2. The van der Waals surface area contributed by atoms with E-state index in [1.54, 1.807) is 0 Å². The molecule has 1 aromatic rings. The smallest absolute Gasteiger partial charge is 0.0933 e. The van der Waals surface area contributed by atoms with Crippen LogP contribution in [0.15, 0.2) is 24.3 Å². The minimum Gasteiger partial charge on any atom is -0.378 e. The molecule has 0 N–H and O–H groups in total. The van der Waals surface area contributed by atoms with E-state index in [1.165, 1.54) is 5.69 Å². The van der Waals surface area contributed by atoms with Crippen LogP contribution < -0.4 is 4.90 Å². The zero-order valence-electron chi connectivity index (χ0n) is 7.25. The van der Waals surface area contributed by atoms with Crippen molar-refractivity contribution >= 4 is 17.6 Å². The molecule has 2 nitrogen and oxygen atoms in total. The lowest BCUT2D eigenvalue weighted by atomic mass is 10.2. The highest BCUT2D eigenvalue weighted by Gasteiger charge is 1.95. The highest BCUT2D eigenvalue weighted by atomic mass is 35.5. The van der Waals surface area contributed by atoms with Gasteiger partial charge in [0.2, 0.25) is 0 Å². The summed E-state index contributed by atoms with van der Waals surface area (Å²) in [6.45, 7) is 0.454. The average Bonchev–Trinajstić information content (AvgIpc) is 2.06. The molecule has 12 heavy (non-hydrogen) atoms. The molecule has 0 atom stereocenters. The van der Waals surface area contributed by atoms with Gasteiger partial charge in [0, 0.05) is 19.8 Å². The summed E-state index contributed by atoms with van der Waals surface area (Å²) in [4.78, 5) is 2.05. The van der Waals surface area contributed by atoms with Crippen molar-refractivity contribution in [3.63, 3.8) is 0 Å². The van der Waals surface area contributed by atoms with Gasteiger partial charge in [0.05, 0.1) is 18.5 Å². The predicted molar refractivity (Wildman–Crippen MR) is 51.4 cm³/mol. The molecule has 66 valence electrons. The molecular formula is C9H12ClNO. The molecule has 0 heterocycles. The summed E-state index contributed by atoms with van der Waals surface area (Å²) < 4.78 is 4.49. The van der Waals surface area contributed by atoms with E-state index in [1.807, 2.05) is 43.3 Å². The number of halogens is 1. The fraction of sp³-hybridized carbons (Fsp3) is 0.333. The summed E-state index contributed by atoms with van der Waals surface area (Å²) >= 11 is 5.13. The van der Waals surface area contributed by atoms with E-state index in [4.69, 9.17) is 11.9 Å². The SMILES string of the molecule is CN(C)c1ccc(COCl)cc1. The second-order valence-electron chi connectivity index (χ2n) is 2.81. The summed E-state index contributed by atoms with van der Waals surface area (Å²) in [6, 6.07) is 8.06. The lowest BCUT2D eigenvalue weighted by Gasteiger charge is -2.12. The van der Waals surface area contributed by atoms with Gasteiger partial charge in [-0.2, -0.15) is 0 Å². The molecule has 0 bridgehead atoms. The minimum atomic E-state index is 0.454. The third-order valence-electron chi connectivity index (χ3n) is 1.67. The molecule has 0 radical (unpaired) electrons. The molecule has 0 aliphatic heterocycles. The molecule has 1 aromatic carbocycles. The number of rotatable bonds is 3. The summed E-state index contributed by atoms with van der Waals surface area (Å²) in [7, 11) is 4.01. The third kappa shape index (κ3) is 2.40. The normalized spacial score (nSPS) is 9.92. The maximum absolute atomic E-state index is 5.13. The van der Waals surface area contributed by atoms with Gasteiger partial charge in [-0.15, -0.1) is 0 Å². The van der Waals surface area contributed by atoms with Crippen molar-refractivity contribution in [2.45, 2.75) is 6.61 Å². The monoisotopic (exact) mass is 185 g/mol. The zero-order valence-corrected chi connectivity index (χ0v) is 8.01. The first-order chi connectivity index (χ1) is 5.74. The molecule has 0 saturated heterocycles. The first-order valence-corrected chi connectivity index (χ1v) is 4.04. The van der Waals surface area contributed by atoms with E-state index in [2.05, 4.69) is 4.29 Å². The van der Waals surface area contributed by atoms with Crippen LogP contribution in [0.1, 0.15) is 5.56 Å². The summed E-state index contributed by atoms with van der Waals surface area (Å²) in [5.41, 5.74) is 2.25. The van der Waals surface area contributed by atoms with Crippen LogP contribution in [0.3, 0.4) is 0 Å². The van der Waals surface area contributed by atoms with E-state index in [9.17, 15) is 0 Å². The van der Waals surface area contributed by atoms with Crippen LogP contribution in [-0.2, 0) is 10.9 Å². The summed E-state index contributed by atoms with van der Waals surface area (Å²) in [5, 5.41) is 0. The number of nitrogens with zero attached hydrogens (tertiary/aromatic N) is 1. The van der Waals surface area contributed by atoms with Gasteiger partial charge in [-0.3, -0.25) is 4.29 Å². The van der Waals surface area contributed by atoms with E-state index >= 15 is 0 Å². The summed E-state index contributed by atoms with van der Waals surface area (Å²) in [6.07, 6.45) is 0. The molecule has 0 spiro atoms.